The highest BCUT2D eigenvalue weighted by Crippen LogP contribution is 2.17. The molecule has 8 heteroatoms. The van der Waals surface area contributed by atoms with Gasteiger partial charge in [-0.2, -0.15) is 4.31 Å². The highest BCUT2D eigenvalue weighted by Gasteiger charge is 2.28. The minimum absolute atomic E-state index is 0.0943. The molecule has 2 rings (SSSR count). The van der Waals surface area contributed by atoms with E-state index >= 15 is 0 Å². The molecule has 7 nitrogen and oxygen atoms in total. The fourth-order valence-electron chi connectivity index (χ4n) is 1.61. The molecule has 1 fully saturated rings. The van der Waals surface area contributed by atoms with Gasteiger partial charge >= 0.3 is 0 Å². The molecule has 1 aromatic rings. The van der Waals surface area contributed by atoms with Crippen LogP contribution < -0.4 is 0 Å². The number of sulfonamides is 1. The highest BCUT2D eigenvalue weighted by atomic mass is 32.2. The summed E-state index contributed by atoms with van der Waals surface area (Å²) in [6.07, 6.45) is 3.54. The fraction of sp³-hybridized carbons (Fsp3) is 0.500. The molecule has 0 atom stereocenters. The number of rotatable bonds is 2. The second-order valence-corrected chi connectivity index (χ2v) is 5.39. The maximum absolute atomic E-state index is 12.0. The molecule has 0 amide bonds. The van der Waals surface area contributed by atoms with Gasteiger partial charge in [0.05, 0.1) is 18.2 Å². The average Bonchev–Trinajstić information content (AvgIpc) is 2.83. The Morgan fingerprint density at radius 2 is 2.12 bits per heavy atom. The van der Waals surface area contributed by atoms with Crippen LogP contribution in [-0.4, -0.2) is 46.7 Å². The van der Waals surface area contributed by atoms with Crippen molar-refractivity contribution in [2.75, 3.05) is 13.1 Å². The van der Waals surface area contributed by atoms with Crippen molar-refractivity contribution in [2.45, 2.75) is 17.9 Å². The molecule has 1 saturated heterocycles. The maximum Gasteiger partial charge on any atom is 0.260 e. The third kappa shape index (κ3) is 1.93. The van der Waals surface area contributed by atoms with Crippen molar-refractivity contribution in [1.82, 2.24) is 14.3 Å². The van der Waals surface area contributed by atoms with Crippen molar-refractivity contribution in [3.05, 3.63) is 12.5 Å². The lowest BCUT2D eigenvalue weighted by atomic mass is 10.1. The lowest BCUT2D eigenvalue weighted by Crippen LogP contribution is -2.38. The lowest BCUT2D eigenvalue weighted by Gasteiger charge is -2.25. The molecule has 0 spiro atoms. The van der Waals surface area contributed by atoms with Gasteiger partial charge in [0.25, 0.3) is 10.0 Å². The molecule has 0 bridgehead atoms. The molecular weight excluding hydrogens is 232 g/mol. The van der Waals surface area contributed by atoms with E-state index in [9.17, 15) is 8.42 Å². The average molecular weight is 244 g/mol. The fourth-order valence-corrected chi connectivity index (χ4v) is 2.95. The van der Waals surface area contributed by atoms with E-state index < -0.39 is 10.0 Å². The Kier molecular flexibility index (Phi) is 2.92. The summed E-state index contributed by atoms with van der Waals surface area (Å²) in [5.74, 6) is 0. The van der Waals surface area contributed by atoms with E-state index in [1.54, 1.807) is 0 Å². The molecule has 1 aromatic heterocycles. The van der Waals surface area contributed by atoms with Crippen molar-refractivity contribution in [3.8, 4) is 0 Å². The Labute approximate surface area is 92.8 Å². The van der Waals surface area contributed by atoms with Gasteiger partial charge in [0.15, 0.2) is 5.03 Å². The molecule has 0 aromatic carbocycles. The normalized spacial score (nSPS) is 18.6. The van der Waals surface area contributed by atoms with Crippen LogP contribution in [0.15, 0.2) is 22.7 Å². The maximum atomic E-state index is 12.0. The summed E-state index contributed by atoms with van der Waals surface area (Å²) in [6, 6.07) is 0. The summed E-state index contributed by atoms with van der Waals surface area (Å²) < 4.78 is 25.3. The van der Waals surface area contributed by atoms with Crippen molar-refractivity contribution < 1.29 is 13.6 Å². The van der Waals surface area contributed by atoms with Crippen molar-refractivity contribution in [1.29, 1.82) is 0 Å². The highest BCUT2D eigenvalue weighted by molar-refractivity contribution is 7.89. The summed E-state index contributed by atoms with van der Waals surface area (Å²) in [4.78, 5) is 6.27. The Balaban J connectivity index is 2.15. The quantitative estimate of drug-likeness (QED) is 0.566. The van der Waals surface area contributed by atoms with Crippen LogP contribution in [0, 0.1) is 0 Å². The van der Waals surface area contributed by atoms with E-state index in [1.807, 2.05) is 0 Å². The van der Waals surface area contributed by atoms with Gasteiger partial charge in [-0.1, -0.05) is 5.16 Å². The predicted octanol–water partition coefficient (Wildman–Crippen LogP) is 0.0244. The Hall–Kier alpha value is -1.41. The zero-order valence-corrected chi connectivity index (χ0v) is 9.31. The van der Waals surface area contributed by atoms with Crippen LogP contribution in [0.25, 0.3) is 0 Å². The van der Waals surface area contributed by atoms with E-state index in [0.717, 1.165) is 0 Å². The third-order valence-corrected chi connectivity index (χ3v) is 4.36. The summed E-state index contributed by atoms with van der Waals surface area (Å²) in [5, 5.41) is 11.8. The zero-order valence-electron chi connectivity index (χ0n) is 8.50. The van der Waals surface area contributed by atoms with Crippen LogP contribution >= 0.6 is 0 Å². The summed E-state index contributed by atoms with van der Waals surface area (Å²) >= 11 is 0. The van der Waals surface area contributed by atoms with E-state index in [-0.39, 0.29) is 5.03 Å². The van der Waals surface area contributed by atoms with Gasteiger partial charge in [0, 0.05) is 25.9 Å². The number of aromatic amines is 1. The molecule has 0 unspecified atom stereocenters. The van der Waals surface area contributed by atoms with E-state index in [1.165, 1.54) is 16.8 Å². The number of imidazole rings is 1. The van der Waals surface area contributed by atoms with Crippen LogP contribution in [0.5, 0.6) is 0 Å². The van der Waals surface area contributed by atoms with E-state index in [2.05, 4.69) is 15.1 Å². The molecule has 16 heavy (non-hydrogen) atoms. The molecular formula is C8H12N4O3S. The van der Waals surface area contributed by atoms with E-state index in [0.29, 0.717) is 31.6 Å². The van der Waals surface area contributed by atoms with Crippen LogP contribution in [0.4, 0.5) is 0 Å². The van der Waals surface area contributed by atoms with Crippen LogP contribution in [0.3, 0.4) is 0 Å². The number of H-pyrrole nitrogens is 1. The molecule has 0 aliphatic carbocycles. The first-order valence-electron chi connectivity index (χ1n) is 4.83. The Morgan fingerprint density at radius 3 is 2.62 bits per heavy atom. The minimum Gasteiger partial charge on any atom is -0.411 e. The number of nitrogens with one attached hydrogen (secondary N) is 1. The standard InChI is InChI=1S/C8H12N4O3S/c13-11-7-1-3-12(4-2-7)16(14,15)8-5-9-6-10-8/h5-6,13H,1-4H2,(H,9,10). The van der Waals surface area contributed by atoms with Crippen LogP contribution in [0.1, 0.15) is 12.8 Å². The molecule has 2 N–H and O–H groups in total. The first kappa shape index (κ1) is 11.1. The number of aromatic nitrogens is 2. The van der Waals surface area contributed by atoms with Gasteiger partial charge in [-0.05, 0) is 0 Å². The lowest BCUT2D eigenvalue weighted by molar-refractivity contribution is 0.309. The first-order valence-corrected chi connectivity index (χ1v) is 6.27. The number of oxime groups is 1. The monoisotopic (exact) mass is 244 g/mol. The number of nitrogens with zero attached hydrogens (tertiary/aromatic N) is 3. The summed E-state index contributed by atoms with van der Waals surface area (Å²) in [5.41, 5.74) is 0.635. The molecule has 0 saturated carbocycles. The minimum atomic E-state index is -3.47. The molecule has 0 radical (unpaired) electrons. The molecule has 88 valence electrons. The van der Waals surface area contributed by atoms with E-state index in [4.69, 9.17) is 5.21 Å². The van der Waals surface area contributed by atoms with Crippen molar-refractivity contribution in [3.63, 3.8) is 0 Å². The zero-order chi connectivity index (χ0) is 11.6. The Morgan fingerprint density at radius 1 is 1.44 bits per heavy atom. The van der Waals surface area contributed by atoms with Crippen LogP contribution in [0.2, 0.25) is 0 Å². The largest absolute Gasteiger partial charge is 0.411 e. The second kappa shape index (κ2) is 4.22. The summed E-state index contributed by atoms with van der Waals surface area (Å²) in [7, 11) is -3.47. The van der Waals surface area contributed by atoms with Gasteiger partial charge in [0.1, 0.15) is 0 Å². The third-order valence-electron chi connectivity index (χ3n) is 2.53. The SMILES string of the molecule is O=S(=O)(c1cnc[nH]1)N1CCC(=NO)CC1. The molecule has 2 heterocycles. The van der Waals surface area contributed by atoms with Gasteiger partial charge in [-0.15, -0.1) is 0 Å². The van der Waals surface area contributed by atoms with Crippen molar-refractivity contribution >= 4 is 15.7 Å². The number of hydrogen-bond donors (Lipinski definition) is 2. The second-order valence-electron chi connectivity index (χ2n) is 3.49. The Bertz CT molecular complexity index is 469. The first-order chi connectivity index (χ1) is 7.64. The van der Waals surface area contributed by atoms with Gasteiger partial charge in [-0.3, -0.25) is 0 Å². The predicted molar refractivity (Wildman–Crippen MR) is 55.8 cm³/mol. The number of piperidine rings is 1. The van der Waals surface area contributed by atoms with Crippen molar-refractivity contribution in [2.24, 2.45) is 5.16 Å². The topological polar surface area (TPSA) is 98.7 Å². The smallest absolute Gasteiger partial charge is 0.260 e. The number of hydrogen-bond acceptors (Lipinski definition) is 5. The molecule has 1 aliphatic rings. The van der Waals surface area contributed by atoms with Crippen LogP contribution in [-0.2, 0) is 10.0 Å². The molecule has 1 aliphatic heterocycles. The van der Waals surface area contributed by atoms with Gasteiger partial charge in [0.2, 0.25) is 0 Å². The summed E-state index contributed by atoms with van der Waals surface area (Å²) in [6.45, 7) is 0.668. The van der Waals surface area contributed by atoms with Gasteiger partial charge < -0.3 is 10.2 Å². The van der Waals surface area contributed by atoms with Gasteiger partial charge in [-0.25, -0.2) is 13.4 Å².